The Morgan fingerprint density at radius 3 is 2.71 bits per heavy atom. The molecule has 6 nitrogen and oxygen atoms in total. The summed E-state index contributed by atoms with van der Waals surface area (Å²) in [5, 5.41) is 9.28. The Balaban J connectivity index is 1.50. The molecule has 3 aromatic rings. The highest BCUT2D eigenvalue weighted by atomic mass is 35.5. The number of nitrogens with one attached hydrogen (secondary N) is 1. The first-order valence-electron chi connectivity index (χ1n) is 10.7. The van der Waals surface area contributed by atoms with Crippen LogP contribution < -0.4 is 15.8 Å². The van der Waals surface area contributed by atoms with Crippen molar-refractivity contribution >= 4 is 34.0 Å². The van der Waals surface area contributed by atoms with Crippen molar-refractivity contribution in [2.24, 2.45) is 5.92 Å². The summed E-state index contributed by atoms with van der Waals surface area (Å²) in [4.78, 5) is 28.0. The quantitative estimate of drug-likeness (QED) is 0.648. The van der Waals surface area contributed by atoms with Gasteiger partial charge in [0, 0.05) is 35.7 Å². The molecule has 0 aliphatic carbocycles. The maximum atomic E-state index is 13.0. The van der Waals surface area contributed by atoms with E-state index in [2.05, 4.69) is 22.2 Å². The van der Waals surface area contributed by atoms with Crippen molar-refractivity contribution in [2.75, 3.05) is 24.5 Å². The molecule has 1 aromatic heterocycles. The van der Waals surface area contributed by atoms with Crippen molar-refractivity contribution in [3.05, 3.63) is 69.1 Å². The van der Waals surface area contributed by atoms with Crippen molar-refractivity contribution in [2.45, 2.75) is 33.2 Å². The molecule has 0 spiro atoms. The molecule has 2 aromatic carbocycles. The van der Waals surface area contributed by atoms with Crippen molar-refractivity contribution in [1.82, 2.24) is 15.1 Å². The van der Waals surface area contributed by atoms with Gasteiger partial charge in [0.25, 0.3) is 11.5 Å². The van der Waals surface area contributed by atoms with Crippen LogP contribution in [0.5, 0.6) is 0 Å². The number of fused-ring (bicyclic) bond motifs is 1. The molecular weight excluding hydrogens is 412 g/mol. The summed E-state index contributed by atoms with van der Waals surface area (Å²) in [6.07, 6.45) is 0.992. The molecule has 4 rings (SSSR count). The molecule has 1 atom stereocenters. The van der Waals surface area contributed by atoms with Gasteiger partial charge >= 0.3 is 0 Å². The SMILES string of the molecule is Cc1ccc(Cl)cc1N1CCC(CNC(=O)c2nn(C(C)C)c(=O)c3ccccc23)C1. The van der Waals surface area contributed by atoms with Crippen LogP contribution in [0.25, 0.3) is 10.8 Å². The number of rotatable bonds is 5. The lowest BCUT2D eigenvalue weighted by Crippen LogP contribution is -2.34. The van der Waals surface area contributed by atoms with E-state index in [1.54, 1.807) is 18.2 Å². The number of anilines is 1. The maximum Gasteiger partial charge on any atom is 0.274 e. The summed E-state index contributed by atoms with van der Waals surface area (Å²) < 4.78 is 1.39. The van der Waals surface area contributed by atoms with Crippen molar-refractivity contribution in [3.8, 4) is 0 Å². The first-order valence-corrected chi connectivity index (χ1v) is 11.0. The molecule has 1 amide bonds. The Hall–Kier alpha value is -2.86. The van der Waals surface area contributed by atoms with Crippen LogP contribution in [0.1, 0.15) is 42.4 Å². The van der Waals surface area contributed by atoms with E-state index in [0.29, 0.717) is 28.9 Å². The molecule has 7 heteroatoms. The standard InChI is InChI=1S/C24H27ClN4O2/c1-15(2)29-24(31)20-7-5-4-6-19(20)22(27-29)23(30)26-13-17-10-11-28(14-17)21-12-18(25)9-8-16(21)3/h4-9,12,15,17H,10-11,13-14H2,1-3H3,(H,26,30). The fourth-order valence-corrected chi connectivity index (χ4v) is 4.35. The third-order valence-electron chi connectivity index (χ3n) is 5.88. The maximum absolute atomic E-state index is 13.0. The van der Waals surface area contributed by atoms with E-state index >= 15 is 0 Å². The predicted octanol–water partition coefficient (Wildman–Crippen LogP) is 4.20. The lowest BCUT2D eigenvalue weighted by molar-refractivity contribution is 0.0942. The summed E-state index contributed by atoms with van der Waals surface area (Å²) in [5.74, 6) is 0.0904. The third kappa shape index (κ3) is 4.30. The molecule has 1 saturated heterocycles. The Bertz CT molecular complexity index is 1190. The Morgan fingerprint density at radius 1 is 1.23 bits per heavy atom. The Kier molecular flexibility index (Phi) is 6.01. The zero-order chi connectivity index (χ0) is 22.1. The van der Waals surface area contributed by atoms with E-state index in [9.17, 15) is 9.59 Å². The van der Waals surface area contributed by atoms with Gasteiger partial charge in [0.05, 0.1) is 11.4 Å². The lowest BCUT2D eigenvalue weighted by atomic mass is 10.1. The number of carbonyl (C=O) groups excluding carboxylic acids is 1. The molecule has 1 N–H and O–H groups in total. The number of hydrogen-bond donors (Lipinski definition) is 1. The van der Waals surface area contributed by atoms with Gasteiger partial charge in [-0.05, 0) is 56.9 Å². The highest BCUT2D eigenvalue weighted by molar-refractivity contribution is 6.30. The topological polar surface area (TPSA) is 67.2 Å². The normalized spacial score (nSPS) is 16.3. The second-order valence-electron chi connectivity index (χ2n) is 8.48. The van der Waals surface area contributed by atoms with Gasteiger partial charge in [-0.15, -0.1) is 0 Å². The van der Waals surface area contributed by atoms with Gasteiger partial charge < -0.3 is 10.2 Å². The van der Waals surface area contributed by atoms with E-state index in [0.717, 1.165) is 30.2 Å². The number of amides is 1. The monoisotopic (exact) mass is 438 g/mol. The first kappa shape index (κ1) is 21.4. The van der Waals surface area contributed by atoms with Crippen LogP contribution in [0.15, 0.2) is 47.3 Å². The number of aryl methyl sites for hydroxylation is 1. The minimum absolute atomic E-state index is 0.131. The molecule has 1 aliphatic heterocycles. The van der Waals surface area contributed by atoms with Gasteiger partial charge in [0.15, 0.2) is 5.69 Å². The number of nitrogens with zero attached hydrogens (tertiary/aromatic N) is 3. The second-order valence-corrected chi connectivity index (χ2v) is 8.92. The van der Waals surface area contributed by atoms with Crippen LogP contribution in [0, 0.1) is 12.8 Å². The van der Waals surface area contributed by atoms with Crippen LogP contribution in [0.3, 0.4) is 0 Å². The van der Waals surface area contributed by atoms with Crippen LogP contribution in [0.4, 0.5) is 5.69 Å². The molecule has 0 radical (unpaired) electrons. The first-order chi connectivity index (χ1) is 14.8. The fraction of sp³-hybridized carbons (Fsp3) is 0.375. The average Bonchev–Trinajstić information content (AvgIpc) is 3.23. The second kappa shape index (κ2) is 8.71. The molecule has 31 heavy (non-hydrogen) atoms. The van der Waals surface area contributed by atoms with Crippen LogP contribution in [-0.2, 0) is 0 Å². The number of halogens is 1. The summed E-state index contributed by atoms with van der Waals surface area (Å²) in [6, 6.07) is 13.0. The number of carbonyl (C=O) groups is 1. The molecule has 0 saturated carbocycles. The van der Waals surface area contributed by atoms with Gasteiger partial charge in [-0.1, -0.05) is 35.9 Å². The van der Waals surface area contributed by atoms with Gasteiger partial charge in [-0.3, -0.25) is 9.59 Å². The zero-order valence-corrected chi connectivity index (χ0v) is 18.8. The molecule has 0 bridgehead atoms. The van der Waals surface area contributed by atoms with E-state index < -0.39 is 0 Å². The summed E-state index contributed by atoms with van der Waals surface area (Å²) in [7, 11) is 0. The fourth-order valence-electron chi connectivity index (χ4n) is 4.19. The number of benzene rings is 2. The smallest absolute Gasteiger partial charge is 0.274 e. The van der Waals surface area contributed by atoms with Crippen LogP contribution >= 0.6 is 11.6 Å². The van der Waals surface area contributed by atoms with Gasteiger partial charge in [-0.25, -0.2) is 4.68 Å². The van der Waals surface area contributed by atoms with E-state index in [4.69, 9.17) is 11.6 Å². The molecular formula is C24H27ClN4O2. The van der Waals surface area contributed by atoms with Gasteiger partial charge in [0.2, 0.25) is 0 Å². The highest BCUT2D eigenvalue weighted by Crippen LogP contribution is 2.29. The molecule has 1 aliphatic rings. The van der Waals surface area contributed by atoms with Crippen LogP contribution in [0.2, 0.25) is 5.02 Å². The summed E-state index contributed by atoms with van der Waals surface area (Å²) in [5.41, 5.74) is 2.47. The van der Waals surface area contributed by atoms with Crippen molar-refractivity contribution < 1.29 is 4.79 Å². The average molecular weight is 439 g/mol. The summed E-state index contributed by atoms with van der Waals surface area (Å²) >= 11 is 6.18. The van der Waals surface area contributed by atoms with E-state index in [-0.39, 0.29) is 17.5 Å². The van der Waals surface area contributed by atoms with E-state index in [1.807, 2.05) is 38.1 Å². The largest absolute Gasteiger partial charge is 0.371 e. The predicted molar refractivity (Wildman–Crippen MR) is 125 cm³/mol. The zero-order valence-electron chi connectivity index (χ0n) is 18.1. The molecule has 1 fully saturated rings. The van der Waals surface area contributed by atoms with E-state index in [1.165, 1.54) is 10.2 Å². The van der Waals surface area contributed by atoms with Gasteiger partial charge in [-0.2, -0.15) is 5.10 Å². The molecule has 2 heterocycles. The minimum atomic E-state index is -0.247. The summed E-state index contributed by atoms with van der Waals surface area (Å²) in [6.45, 7) is 8.21. The Labute approximate surface area is 186 Å². The Morgan fingerprint density at radius 2 is 1.97 bits per heavy atom. The number of aromatic nitrogens is 2. The third-order valence-corrected chi connectivity index (χ3v) is 6.12. The van der Waals surface area contributed by atoms with Gasteiger partial charge in [0.1, 0.15) is 0 Å². The number of hydrogen-bond acceptors (Lipinski definition) is 4. The molecule has 162 valence electrons. The van der Waals surface area contributed by atoms with Crippen molar-refractivity contribution in [1.29, 1.82) is 0 Å². The minimum Gasteiger partial charge on any atom is -0.371 e. The molecule has 1 unspecified atom stereocenters. The highest BCUT2D eigenvalue weighted by Gasteiger charge is 2.25. The lowest BCUT2D eigenvalue weighted by Gasteiger charge is -2.21. The van der Waals surface area contributed by atoms with Crippen LogP contribution in [-0.4, -0.2) is 35.3 Å². The van der Waals surface area contributed by atoms with Crippen molar-refractivity contribution in [3.63, 3.8) is 0 Å².